The normalized spacial score (nSPS) is 11.6. The number of aromatic nitrogens is 2. The molecule has 0 aromatic carbocycles. The number of rotatable bonds is 37. The van der Waals surface area contributed by atoms with Crippen molar-refractivity contribution in [2.45, 2.75) is 259 Å². The minimum Gasteiger partial charge on any atom is -0.234 e. The van der Waals surface area contributed by atoms with E-state index < -0.39 is 0 Å². The molecular formula is C43H85N2+. The van der Waals surface area contributed by atoms with Crippen LogP contribution in [0.5, 0.6) is 0 Å². The van der Waals surface area contributed by atoms with Gasteiger partial charge < -0.3 is 0 Å². The topological polar surface area (TPSA) is 8.81 Å². The molecule has 0 aliphatic carbocycles. The lowest BCUT2D eigenvalue weighted by Gasteiger charge is -2.07. The Morgan fingerprint density at radius 1 is 0.378 bits per heavy atom. The van der Waals surface area contributed by atoms with Crippen LogP contribution < -0.4 is 4.57 Å². The molecule has 1 aromatic rings. The number of nitrogens with zero attached hydrogens (tertiary/aromatic N) is 2. The maximum atomic E-state index is 2.64. The van der Waals surface area contributed by atoms with Crippen molar-refractivity contribution in [1.82, 2.24) is 4.57 Å². The van der Waals surface area contributed by atoms with Gasteiger partial charge in [0.1, 0.15) is 12.4 Å². The first kappa shape index (κ1) is 42.2. The lowest BCUT2D eigenvalue weighted by molar-refractivity contribution is -0.704. The van der Waals surface area contributed by atoms with Gasteiger partial charge in [0.25, 0.3) is 5.82 Å². The third-order valence-corrected chi connectivity index (χ3v) is 10.3. The van der Waals surface area contributed by atoms with Crippen molar-refractivity contribution in [2.24, 2.45) is 0 Å². The first-order valence-corrected chi connectivity index (χ1v) is 21.4. The largest absolute Gasteiger partial charge is 0.256 e. The predicted octanol–water partition coefficient (Wildman–Crippen LogP) is 14.6. The summed E-state index contributed by atoms with van der Waals surface area (Å²) < 4.78 is 5.27. The van der Waals surface area contributed by atoms with Crippen molar-refractivity contribution in [3.8, 4) is 0 Å². The van der Waals surface area contributed by atoms with Crippen LogP contribution in [0.2, 0.25) is 0 Å². The van der Waals surface area contributed by atoms with Crippen LogP contribution in [-0.4, -0.2) is 4.57 Å². The van der Waals surface area contributed by atoms with Gasteiger partial charge in [-0.25, -0.2) is 9.13 Å². The van der Waals surface area contributed by atoms with E-state index in [-0.39, 0.29) is 0 Å². The van der Waals surface area contributed by atoms with Crippen molar-refractivity contribution < 1.29 is 4.57 Å². The van der Waals surface area contributed by atoms with E-state index in [1.165, 1.54) is 238 Å². The summed E-state index contributed by atoms with van der Waals surface area (Å²) in [6.45, 7) is 9.41. The average Bonchev–Trinajstić information content (AvgIpc) is 3.43. The molecule has 0 radical (unpaired) electrons. The Hall–Kier alpha value is -0.790. The number of imidazole rings is 1. The molecule has 0 atom stereocenters. The minimum atomic E-state index is 1.23. The molecule has 2 nitrogen and oxygen atoms in total. The van der Waals surface area contributed by atoms with Crippen LogP contribution in [-0.2, 0) is 19.5 Å². The summed E-state index contributed by atoms with van der Waals surface area (Å²) in [6, 6.07) is 0. The predicted molar refractivity (Wildman–Crippen MR) is 202 cm³/mol. The SMILES string of the molecule is CCCCCCCCCCCCCCCCCCC[n+]1ccn(CCCCCCCCCCC)c1CCCCCCCCCC. The highest BCUT2D eigenvalue weighted by Gasteiger charge is 2.16. The fourth-order valence-electron chi connectivity index (χ4n) is 7.21. The fraction of sp³-hybridized carbons (Fsp3) is 0.930. The molecule has 0 aliphatic heterocycles. The molecule has 0 spiro atoms. The Kier molecular flexibility index (Phi) is 32.4. The standard InChI is InChI=1S/C43H85N2/c1-4-7-10-13-16-19-20-21-22-23-24-25-26-28-31-34-37-40-45-42-41-44(39-36-33-30-27-17-14-11-8-5-2)43(45)38-35-32-29-18-15-12-9-6-3/h41-42H,4-40H2,1-3H3/q+1. The van der Waals surface area contributed by atoms with Gasteiger partial charge in [-0.05, 0) is 32.1 Å². The molecule has 0 saturated carbocycles. The van der Waals surface area contributed by atoms with Crippen molar-refractivity contribution in [3.63, 3.8) is 0 Å². The zero-order valence-corrected chi connectivity index (χ0v) is 31.7. The van der Waals surface area contributed by atoms with E-state index in [1.54, 1.807) is 5.82 Å². The van der Waals surface area contributed by atoms with Crippen LogP contribution in [0.15, 0.2) is 12.4 Å². The fourth-order valence-corrected chi connectivity index (χ4v) is 7.21. The number of hydrogen-bond acceptors (Lipinski definition) is 0. The molecule has 1 aromatic heterocycles. The van der Waals surface area contributed by atoms with Gasteiger partial charge in [0.15, 0.2) is 0 Å². The number of hydrogen-bond donors (Lipinski definition) is 0. The molecule has 0 unspecified atom stereocenters. The third kappa shape index (κ3) is 26.9. The molecule has 45 heavy (non-hydrogen) atoms. The first-order chi connectivity index (χ1) is 22.3. The molecule has 2 heteroatoms. The molecule has 0 fully saturated rings. The molecule has 0 aliphatic rings. The van der Waals surface area contributed by atoms with E-state index in [1.807, 2.05) is 0 Å². The van der Waals surface area contributed by atoms with Crippen LogP contribution in [0.4, 0.5) is 0 Å². The first-order valence-electron chi connectivity index (χ1n) is 21.4. The van der Waals surface area contributed by atoms with Crippen LogP contribution in [0.1, 0.15) is 245 Å². The Bertz CT molecular complexity index is 692. The van der Waals surface area contributed by atoms with E-state index in [9.17, 15) is 0 Å². The summed E-state index contributed by atoms with van der Waals surface area (Å²) in [5.41, 5.74) is 0. The van der Waals surface area contributed by atoms with Gasteiger partial charge in [-0.3, -0.25) is 0 Å². The van der Waals surface area contributed by atoms with Crippen molar-refractivity contribution in [1.29, 1.82) is 0 Å². The lowest BCUT2D eigenvalue weighted by atomic mass is 10.0. The zero-order valence-electron chi connectivity index (χ0n) is 31.7. The van der Waals surface area contributed by atoms with E-state index in [0.29, 0.717) is 0 Å². The molecule has 1 heterocycles. The Morgan fingerprint density at radius 2 is 0.689 bits per heavy atom. The highest BCUT2D eigenvalue weighted by atomic mass is 15.1. The summed E-state index contributed by atoms with van der Waals surface area (Å²) in [6.07, 6.45) is 54.9. The monoisotopic (exact) mass is 630 g/mol. The van der Waals surface area contributed by atoms with Gasteiger partial charge in [-0.2, -0.15) is 0 Å². The summed E-state index contributed by atoms with van der Waals surface area (Å²) >= 11 is 0. The van der Waals surface area contributed by atoms with Gasteiger partial charge in [0.2, 0.25) is 0 Å². The lowest BCUT2D eigenvalue weighted by Crippen LogP contribution is -2.37. The molecule has 0 amide bonds. The van der Waals surface area contributed by atoms with Gasteiger partial charge in [-0.15, -0.1) is 0 Å². The van der Waals surface area contributed by atoms with Gasteiger partial charge in [0.05, 0.1) is 13.1 Å². The van der Waals surface area contributed by atoms with Crippen molar-refractivity contribution in [3.05, 3.63) is 18.2 Å². The Balaban J connectivity index is 2.21. The van der Waals surface area contributed by atoms with E-state index in [4.69, 9.17) is 0 Å². The van der Waals surface area contributed by atoms with Crippen LogP contribution in [0, 0.1) is 0 Å². The van der Waals surface area contributed by atoms with Gasteiger partial charge >= 0.3 is 0 Å². The Morgan fingerprint density at radius 3 is 1.07 bits per heavy atom. The molecule has 0 bridgehead atoms. The summed E-state index contributed by atoms with van der Waals surface area (Å²) in [5, 5.41) is 0. The number of unbranched alkanes of at least 4 members (excludes halogenated alkanes) is 31. The maximum absolute atomic E-state index is 2.64. The smallest absolute Gasteiger partial charge is 0.234 e. The third-order valence-electron chi connectivity index (χ3n) is 10.3. The highest BCUT2D eigenvalue weighted by Crippen LogP contribution is 2.16. The molecule has 266 valence electrons. The quantitative estimate of drug-likeness (QED) is 0.0511. The summed E-state index contributed by atoms with van der Waals surface area (Å²) in [5.74, 6) is 1.62. The zero-order chi connectivity index (χ0) is 32.3. The highest BCUT2D eigenvalue weighted by molar-refractivity contribution is 4.84. The molecule has 1 rings (SSSR count). The summed E-state index contributed by atoms with van der Waals surface area (Å²) in [4.78, 5) is 0. The Labute approximate surface area is 285 Å². The van der Waals surface area contributed by atoms with Crippen molar-refractivity contribution >= 4 is 0 Å². The second kappa shape index (κ2) is 34.5. The minimum absolute atomic E-state index is 1.23. The maximum Gasteiger partial charge on any atom is 0.256 e. The van der Waals surface area contributed by atoms with Crippen LogP contribution >= 0.6 is 0 Å². The van der Waals surface area contributed by atoms with E-state index in [2.05, 4.69) is 42.3 Å². The van der Waals surface area contributed by atoms with E-state index in [0.717, 1.165) is 0 Å². The second-order valence-electron chi connectivity index (χ2n) is 14.8. The summed E-state index contributed by atoms with van der Waals surface area (Å²) in [7, 11) is 0. The van der Waals surface area contributed by atoms with E-state index >= 15 is 0 Å². The van der Waals surface area contributed by atoms with Crippen LogP contribution in [0.25, 0.3) is 0 Å². The van der Waals surface area contributed by atoms with Crippen LogP contribution in [0.3, 0.4) is 0 Å². The van der Waals surface area contributed by atoms with Crippen molar-refractivity contribution in [2.75, 3.05) is 0 Å². The molecule has 0 N–H and O–H groups in total. The molecule has 0 saturated heterocycles. The second-order valence-corrected chi connectivity index (χ2v) is 14.8. The van der Waals surface area contributed by atoms with Gasteiger partial charge in [0, 0.05) is 6.42 Å². The van der Waals surface area contributed by atoms with Gasteiger partial charge in [-0.1, -0.05) is 207 Å². The molecular weight excluding hydrogens is 544 g/mol. The average molecular weight is 630 g/mol. The number of aryl methyl sites for hydroxylation is 2.